The number of carbonyl (C=O) groups is 2. The highest BCUT2D eigenvalue weighted by Gasteiger charge is 2.41. The molecule has 11 heteroatoms. The van der Waals surface area contributed by atoms with Gasteiger partial charge in [-0.3, -0.25) is 9.59 Å². The van der Waals surface area contributed by atoms with Crippen molar-refractivity contribution in [3.8, 4) is 5.88 Å². The first kappa shape index (κ1) is 20.2. The molecule has 0 aliphatic rings. The summed E-state index contributed by atoms with van der Waals surface area (Å²) >= 11 is 0. The number of hydrogen-bond donors (Lipinski definition) is 2. The van der Waals surface area contributed by atoms with Crippen LogP contribution in [0, 0.1) is 6.92 Å². The second kappa shape index (κ2) is 8.06. The Morgan fingerprint density at radius 2 is 2.07 bits per heavy atom. The van der Waals surface area contributed by atoms with Crippen molar-refractivity contribution in [2.45, 2.75) is 25.7 Å². The molecule has 7 nitrogen and oxygen atoms in total. The summed E-state index contributed by atoms with van der Waals surface area (Å²) in [5.74, 6) is -6.51. The van der Waals surface area contributed by atoms with Crippen LogP contribution in [0.5, 0.6) is 5.88 Å². The van der Waals surface area contributed by atoms with Crippen molar-refractivity contribution >= 4 is 17.6 Å². The zero-order valence-electron chi connectivity index (χ0n) is 13.8. The molecule has 0 saturated heterocycles. The van der Waals surface area contributed by atoms with E-state index in [0.717, 1.165) is 12.3 Å². The highest BCUT2D eigenvalue weighted by atomic mass is 19.3. The molecule has 0 radical (unpaired) electrons. The SMILES string of the molecule is Cc1coc(CC(=O)O)c1C(=O)Nc1ccc(OCC(F)(F)C(F)F)nc1. The maximum atomic E-state index is 12.8. The minimum Gasteiger partial charge on any atom is -0.481 e. The molecular formula is C16H14F4N2O5. The molecule has 2 N–H and O–H groups in total. The molecular weight excluding hydrogens is 376 g/mol. The third-order valence-corrected chi connectivity index (χ3v) is 3.32. The smallest absolute Gasteiger partial charge is 0.340 e. The van der Waals surface area contributed by atoms with Gasteiger partial charge in [0, 0.05) is 11.6 Å². The molecule has 0 unspecified atom stereocenters. The first-order valence-electron chi connectivity index (χ1n) is 7.45. The molecule has 1 amide bonds. The van der Waals surface area contributed by atoms with E-state index >= 15 is 0 Å². The third kappa shape index (κ3) is 5.19. The van der Waals surface area contributed by atoms with Crippen molar-refractivity contribution in [2.24, 2.45) is 0 Å². The first-order chi connectivity index (χ1) is 12.6. The Kier molecular flexibility index (Phi) is 6.03. The summed E-state index contributed by atoms with van der Waals surface area (Å²) in [4.78, 5) is 26.8. The Morgan fingerprint density at radius 3 is 2.63 bits per heavy atom. The molecule has 146 valence electrons. The number of nitrogens with zero attached hydrogens (tertiary/aromatic N) is 1. The predicted molar refractivity (Wildman–Crippen MR) is 83.4 cm³/mol. The predicted octanol–water partition coefficient (Wildman–Crippen LogP) is 3.14. The molecule has 0 aromatic carbocycles. The van der Waals surface area contributed by atoms with E-state index in [0.29, 0.717) is 5.56 Å². The molecule has 0 aliphatic heterocycles. The second-order valence-corrected chi connectivity index (χ2v) is 5.48. The normalized spacial score (nSPS) is 11.5. The number of furan rings is 1. The van der Waals surface area contributed by atoms with Crippen LogP contribution in [0.1, 0.15) is 21.7 Å². The van der Waals surface area contributed by atoms with Crippen LogP contribution in [0.25, 0.3) is 0 Å². The molecule has 0 fully saturated rings. The number of halogens is 4. The van der Waals surface area contributed by atoms with Crippen LogP contribution in [0.4, 0.5) is 23.2 Å². The summed E-state index contributed by atoms with van der Waals surface area (Å²) in [6.07, 6.45) is -2.04. The van der Waals surface area contributed by atoms with E-state index in [1.54, 1.807) is 6.92 Å². The zero-order valence-corrected chi connectivity index (χ0v) is 13.8. The van der Waals surface area contributed by atoms with E-state index in [9.17, 15) is 27.2 Å². The van der Waals surface area contributed by atoms with E-state index in [2.05, 4.69) is 15.0 Å². The molecule has 2 aromatic rings. The fourth-order valence-corrected chi connectivity index (χ4v) is 2.04. The summed E-state index contributed by atoms with van der Waals surface area (Å²) in [5, 5.41) is 11.3. The lowest BCUT2D eigenvalue weighted by Gasteiger charge is -2.15. The van der Waals surface area contributed by atoms with Crippen LogP contribution in [-0.2, 0) is 11.2 Å². The monoisotopic (exact) mass is 390 g/mol. The fraction of sp³-hybridized carbons (Fsp3) is 0.312. The molecule has 27 heavy (non-hydrogen) atoms. The summed E-state index contributed by atoms with van der Waals surface area (Å²) in [7, 11) is 0. The number of pyridine rings is 1. The summed E-state index contributed by atoms with van der Waals surface area (Å²) in [5.41, 5.74) is 0.620. The number of nitrogens with one attached hydrogen (secondary N) is 1. The van der Waals surface area contributed by atoms with Crippen LogP contribution in [0.15, 0.2) is 29.0 Å². The maximum absolute atomic E-state index is 12.8. The van der Waals surface area contributed by atoms with E-state index < -0.39 is 37.3 Å². The Labute approximate surface area is 149 Å². The number of carboxylic acid groups (broad SMARTS) is 1. The highest BCUT2D eigenvalue weighted by Crippen LogP contribution is 2.24. The molecule has 2 aromatic heterocycles. The molecule has 0 bridgehead atoms. The van der Waals surface area contributed by atoms with Crippen molar-refractivity contribution in [3.05, 3.63) is 41.5 Å². The van der Waals surface area contributed by atoms with Gasteiger partial charge in [-0.2, -0.15) is 8.78 Å². The van der Waals surface area contributed by atoms with E-state index in [-0.39, 0.29) is 22.9 Å². The standard InChI is InChI=1S/C16H14F4N2O5/c1-8-6-26-10(4-12(23)24)13(8)14(25)22-9-2-3-11(21-5-9)27-7-16(19,20)15(17)18/h2-3,5-6,15H,4,7H2,1H3,(H,22,25)(H,23,24). The Bertz CT molecular complexity index is 821. The number of aryl methyl sites for hydroxylation is 1. The zero-order chi connectivity index (χ0) is 20.2. The number of alkyl halides is 4. The van der Waals surface area contributed by atoms with Gasteiger partial charge in [0.1, 0.15) is 12.2 Å². The van der Waals surface area contributed by atoms with Crippen molar-refractivity contribution in [2.75, 3.05) is 11.9 Å². The minimum atomic E-state index is -4.31. The number of aromatic nitrogens is 1. The minimum absolute atomic E-state index is 0.0281. The van der Waals surface area contributed by atoms with Crippen LogP contribution in [0.2, 0.25) is 0 Å². The number of carboxylic acids is 1. The lowest BCUT2D eigenvalue weighted by molar-refractivity contribution is -0.148. The maximum Gasteiger partial charge on any atom is 0.340 e. The topological polar surface area (TPSA) is 102 Å². The lowest BCUT2D eigenvalue weighted by Crippen LogP contribution is -2.33. The second-order valence-electron chi connectivity index (χ2n) is 5.48. The number of rotatable bonds is 8. The van der Waals surface area contributed by atoms with Crippen LogP contribution in [0.3, 0.4) is 0 Å². The molecule has 2 heterocycles. The number of ether oxygens (including phenoxy) is 1. The number of carbonyl (C=O) groups excluding carboxylic acids is 1. The average molecular weight is 390 g/mol. The van der Waals surface area contributed by atoms with Gasteiger partial charge in [0.15, 0.2) is 6.61 Å². The molecule has 0 spiro atoms. The Balaban J connectivity index is 2.04. The van der Waals surface area contributed by atoms with Gasteiger partial charge in [0.25, 0.3) is 5.91 Å². The van der Waals surface area contributed by atoms with Crippen molar-refractivity contribution in [1.29, 1.82) is 0 Å². The first-order valence-corrected chi connectivity index (χ1v) is 7.45. The quantitative estimate of drug-likeness (QED) is 0.672. The van der Waals surface area contributed by atoms with Gasteiger partial charge >= 0.3 is 18.3 Å². The largest absolute Gasteiger partial charge is 0.481 e. The Hall–Kier alpha value is -3.11. The van der Waals surface area contributed by atoms with Crippen molar-refractivity contribution in [3.63, 3.8) is 0 Å². The van der Waals surface area contributed by atoms with E-state index in [1.807, 2.05) is 0 Å². The van der Waals surface area contributed by atoms with Gasteiger partial charge < -0.3 is 19.6 Å². The average Bonchev–Trinajstić information content (AvgIpc) is 2.94. The van der Waals surface area contributed by atoms with Gasteiger partial charge in [-0.1, -0.05) is 0 Å². The molecule has 0 atom stereocenters. The van der Waals surface area contributed by atoms with E-state index in [1.165, 1.54) is 12.3 Å². The summed E-state index contributed by atoms with van der Waals surface area (Å²) in [6.45, 7) is 0.0122. The van der Waals surface area contributed by atoms with Gasteiger partial charge in [0.05, 0.1) is 23.7 Å². The van der Waals surface area contributed by atoms with Gasteiger partial charge in [-0.25, -0.2) is 13.8 Å². The van der Waals surface area contributed by atoms with Gasteiger partial charge in [-0.15, -0.1) is 0 Å². The third-order valence-electron chi connectivity index (χ3n) is 3.32. The van der Waals surface area contributed by atoms with Crippen LogP contribution in [-0.4, -0.2) is 40.9 Å². The fourth-order valence-electron chi connectivity index (χ4n) is 2.04. The number of aliphatic carboxylic acids is 1. The molecule has 2 rings (SSSR count). The van der Waals surface area contributed by atoms with Crippen LogP contribution < -0.4 is 10.1 Å². The number of anilines is 1. The number of amides is 1. The Morgan fingerprint density at radius 1 is 1.37 bits per heavy atom. The lowest BCUT2D eigenvalue weighted by atomic mass is 10.1. The van der Waals surface area contributed by atoms with E-state index in [4.69, 9.17) is 9.52 Å². The van der Waals surface area contributed by atoms with Crippen molar-refractivity contribution in [1.82, 2.24) is 4.98 Å². The summed E-state index contributed by atoms with van der Waals surface area (Å²) < 4.78 is 59.3. The number of hydrogen-bond acceptors (Lipinski definition) is 5. The van der Waals surface area contributed by atoms with Gasteiger partial charge in [0.2, 0.25) is 5.88 Å². The van der Waals surface area contributed by atoms with Crippen molar-refractivity contribution < 1.29 is 41.4 Å². The van der Waals surface area contributed by atoms with Crippen LogP contribution >= 0.6 is 0 Å². The molecule has 0 saturated carbocycles. The van der Waals surface area contributed by atoms with Gasteiger partial charge in [-0.05, 0) is 13.0 Å². The molecule has 0 aliphatic carbocycles. The highest BCUT2D eigenvalue weighted by molar-refractivity contribution is 6.06. The summed E-state index contributed by atoms with van der Waals surface area (Å²) in [6, 6.07) is 2.37.